The lowest BCUT2D eigenvalue weighted by Gasteiger charge is -2.30. The number of carbonyl (C=O) groups is 3. The molecular formula is C13H16N2O3S. The Kier molecular flexibility index (Phi) is 4.11. The monoisotopic (exact) mass is 280 g/mol. The van der Waals surface area contributed by atoms with Gasteiger partial charge in [0, 0.05) is 4.88 Å². The van der Waals surface area contributed by atoms with Crippen molar-refractivity contribution in [1.29, 1.82) is 0 Å². The van der Waals surface area contributed by atoms with Gasteiger partial charge >= 0.3 is 0 Å². The normalized spacial score (nSPS) is 20.4. The van der Waals surface area contributed by atoms with Gasteiger partial charge in [-0.15, -0.1) is 11.3 Å². The Morgan fingerprint density at radius 2 is 2.21 bits per heavy atom. The lowest BCUT2D eigenvalue weighted by molar-refractivity contribution is -0.139. The summed E-state index contributed by atoms with van der Waals surface area (Å²) in [5.41, 5.74) is 0. The number of ketones is 1. The summed E-state index contributed by atoms with van der Waals surface area (Å²) in [4.78, 5) is 38.4. The Labute approximate surface area is 115 Å². The van der Waals surface area contributed by atoms with E-state index in [4.69, 9.17) is 0 Å². The third-order valence-corrected chi connectivity index (χ3v) is 4.44. The van der Waals surface area contributed by atoms with Crippen LogP contribution in [0.3, 0.4) is 0 Å². The van der Waals surface area contributed by atoms with Crippen LogP contribution in [0.1, 0.15) is 28.4 Å². The van der Waals surface area contributed by atoms with E-state index in [-0.39, 0.29) is 30.7 Å². The van der Waals surface area contributed by atoms with Crippen LogP contribution in [0.2, 0.25) is 0 Å². The Balaban J connectivity index is 2.05. The van der Waals surface area contributed by atoms with E-state index in [2.05, 4.69) is 5.32 Å². The fourth-order valence-corrected chi connectivity index (χ4v) is 2.82. The van der Waals surface area contributed by atoms with Gasteiger partial charge in [-0.1, -0.05) is 6.92 Å². The Hall–Kier alpha value is -1.53. The molecule has 0 radical (unpaired) electrons. The molecule has 5 nitrogen and oxygen atoms in total. The van der Waals surface area contributed by atoms with Crippen LogP contribution in [0.25, 0.3) is 0 Å². The lowest BCUT2D eigenvalue weighted by Crippen LogP contribution is -2.57. The van der Waals surface area contributed by atoms with Gasteiger partial charge in [0.15, 0.2) is 5.78 Å². The molecule has 1 N–H and O–H groups in total. The van der Waals surface area contributed by atoms with Gasteiger partial charge in [-0.05, 0) is 25.5 Å². The summed E-state index contributed by atoms with van der Waals surface area (Å²) in [5.74, 6) is -0.736. The van der Waals surface area contributed by atoms with E-state index in [0.717, 1.165) is 11.3 Å². The predicted molar refractivity (Wildman–Crippen MR) is 72.2 cm³/mol. The van der Waals surface area contributed by atoms with E-state index < -0.39 is 6.04 Å². The first kappa shape index (κ1) is 13.9. The number of aryl methyl sites for hydroxylation is 1. The van der Waals surface area contributed by atoms with Crippen LogP contribution < -0.4 is 5.32 Å². The first-order valence-electron chi connectivity index (χ1n) is 6.21. The predicted octanol–water partition coefficient (Wildman–Crippen LogP) is 0.840. The average Bonchev–Trinajstić information content (AvgIpc) is 2.84. The zero-order valence-electron chi connectivity index (χ0n) is 10.9. The minimum Gasteiger partial charge on any atom is -0.294 e. The molecule has 6 heteroatoms. The number of hydrogen-bond donors (Lipinski definition) is 1. The number of imide groups is 1. The van der Waals surface area contributed by atoms with Crippen LogP contribution in [0.5, 0.6) is 0 Å². The van der Waals surface area contributed by atoms with Crippen LogP contribution in [0.15, 0.2) is 12.1 Å². The molecule has 1 aliphatic heterocycles. The second-order valence-corrected chi connectivity index (χ2v) is 5.70. The highest BCUT2D eigenvalue weighted by molar-refractivity contribution is 7.14. The molecule has 0 bridgehead atoms. The molecular weight excluding hydrogens is 264 g/mol. The average molecular weight is 280 g/mol. The summed E-state index contributed by atoms with van der Waals surface area (Å²) in [5, 5.41) is 2.26. The van der Waals surface area contributed by atoms with Crippen LogP contribution >= 0.6 is 11.3 Å². The Bertz CT molecular complexity index is 524. The van der Waals surface area contributed by atoms with Gasteiger partial charge in [-0.2, -0.15) is 0 Å². The topological polar surface area (TPSA) is 66.5 Å². The van der Waals surface area contributed by atoms with Crippen molar-refractivity contribution in [3.05, 3.63) is 21.9 Å². The van der Waals surface area contributed by atoms with Crippen molar-refractivity contribution in [1.82, 2.24) is 10.2 Å². The highest BCUT2D eigenvalue weighted by Gasteiger charge is 2.31. The lowest BCUT2D eigenvalue weighted by atomic mass is 10.1. The molecule has 1 unspecified atom stereocenters. The number of carbonyl (C=O) groups excluding carboxylic acids is 3. The van der Waals surface area contributed by atoms with Crippen molar-refractivity contribution < 1.29 is 14.4 Å². The van der Waals surface area contributed by atoms with E-state index in [9.17, 15) is 14.4 Å². The summed E-state index contributed by atoms with van der Waals surface area (Å²) in [6, 6.07) is 3.30. The number of rotatable bonds is 4. The fraction of sp³-hybridized carbons (Fsp3) is 0.462. The standard InChI is InChI=1S/C13H16N2O3S/c1-3-9-4-5-11(19-9)10(16)6-15-7-12(17)14-13(18)8(15)2/h4-5,8H,3,6-7H2,1-2H3,(H,14,17,18). The SMILES string of the molecule is CCc1ccc(C(=O)CN2CC(=O)NC(=O)C2C)s1. The molecule has 1 aromatic heterocycles. The molecule has 1 atom stereocenters. The quantitative estimate of drug-likeness (QED) is 0.655. The number of piperazine rings is 1. The molecule has 102 valence electrons. The number of thiophene rings is 1. The molecule has 0 saturated carbocycles. The first-order chi connectivity index (χ1) is 9.01. The van der Waals surface area contributed by atoms with Crippen molar-refractivity contribution in [2.45, 2.75) is 26.3 Å². The molecule has 2 rings (SSSR count). The maximum Gasteiger partial charge on any atom is 0.243 e. The molecule has 0 aliphatic carbocycles. The molecule has 19 heavy (non-hydrogen) atoms. The summed E-state index contributed by atoms with van der Waals surface area (Å²) in [6.45, 7) is 3.92. The fourth-order valence-electron chi connectivity index (χ4n) is 1.94. The Morgan fingerprint density at radius 3 is 2.84 bits per heavy atom. The van der Waals surface area contributed by atoms with Crippen LogP contribution in [0.4, 0.5) is 0 Å². The summed E-state index contributed by atoms with van der Waals surface area (Å²) in [6.07, 6.45) is 0.902. The number of Topliss-reactive ketones (excluding diaryl/α,β-unsaturated/α-hetero) is 1. The summed E-state index contributed by atoms with van der Waals surface area (Å²) < 4.78 is 0. The first-order valence-corrected chi connectivity index (χ1v) is 7.02. The molecule has 0 spiro atoms. The van der Waals surface area contributed by atoms with Gasteiger partial charge in [0.2, 0.25) is 11.8 Å². The van der Waals surface area contributed by atoms with E-state index in [1.807, 2.05) is 19.1 Å². The molecule has 1 saturated heterocycles. The maximum absolute atomic E-state index is 12.1. The third kappa shape index (κ3) is 3.08. The van der Waals surface area contributed by atoms with E-state index in [1.54, 1.807) is 11.8 Å². The molecule has 0 aromatic carbocycles. The Morgan fingerprint density at radius 1 is 1.47 bits per heavy atom. The second kappa shape index (κ2) is 5.63. The third-order valence-electron chi connectivity index (χ3n) is 3.17. The molecule has 1 aliphatic rings. The highest BCUT2D eigenvalue weighted by Crippen LogP contribution is 2.18. The van der Waals surface area contributed by atoms with E-state index in [1.165, 1.54) is 11.3 Å². The molecule has 1 fully saturated rings. The maximum atomic E-state index is 12.1. The smallest absolute Gasteiger partial charge is 0.243 e. The van der Waals surface area contributed by atoms with Crippen molar-refractivity contribution in [2.75, 3.05) is 13.1 Å². The van der Waals surface area contributed by atoms with Gasteiger partial charge in [0.1, 0.15) is 0 Å². The minimum absolute atomic E-state index is 0.0425. The second-order valence-electron chi connectivity index (χ2n) is 4.54. The van der Waals surface area contributed by atoms with Crippen molar-refractivity contribution in [3.63, 3.8) is 0 Å². The zero-order valence-corrected chi connectivity index (χ0v) is 11.8. The summed E-state index contributed by atoms with van der Waals surface area (Å²) >= 11 is 1.47. The van der Waals surface area contributed by atoms with Gasteiger partial charge in [-0.25, -0.2) is 0 Å². The van der Waals surface area contributed by atoms with Gasteiger partial charge in [0.25, 0.3) is 0 Å². The van der Waals surface area contributed by atoms with Crippen LogP contribution in [0, 0.1) is 0 Å². The molecule has 2 heterocycles. The largest absolute Gasteiger partial charge is 0.294 e. The van der Waals surface area contributed by atoms with Gasteiger partial charge < -0.3 is 0 Å². The van der Waals surface area contributed by atoms with Crippen molar-refractivity contribution in [3.8, 4) is 0 Å². The van der Waals surface area contributed by atoms with E-state index in [0.29, 0.717) is 4.88 Å². The highest BCUT2D eigenvalue weighted by atomic mass is 32.1. The van der Waals surface area contributed by atoms with Crippen LogP contribution in [-0.2, 0) is 16.0 Å². The zero-order chi connectivity index (χ0) is 14.0. The summed E-state index contributed by atoms with van der Waals surface area (Å²) in [7, 11) is 0. The van der Waals surface area contributed by atoms with Gasteiger partial charge in [0.05, 0.1) is 24.0 Å². The van der Waals surface area contributed by atoms with E-state index >= 15 is 0 Å². The van der Waals surface area contributed by atoms with Crippen molar-refractivity contribution >= 4 is 28.9 Å². The number of nitrogens with one attached hydrogen (secondary N) is 1. The van der Waals surface area contributed by atoms with Gasteiger partial charge in [-0.3, -0.25) is 24.6 Å². The molecule has 2 amide bonds. The minimum atomic E-state index is -0.452. The number of nitrogens with zero attached hydrogens (tertiary/aromatic N) is 1. The number of amides is 2. The van der Waals surface area contributed by atoms with Crippen molar-refractivity contribution in [2.24, 2.45) is 0 Å². The van der Waals surface area contributed by atoms with Crippen LogP contribution in [-0.4, -0.2) is 41.6 Å². The number of hydrogen-bond acceptors (Lipinski definition) is 5. The molecule has 1 aromatic rings.